The van der Waals surface area contributed by atoms with Crippen LogP contribution in [0.3, 0.4) is 0 Å². The molecule has 2 rings (SSSR count). The van der Waals surface area contributed by atoms with Gasteiger partial charge in [-0.2, -0.15) is 0 Å². The first kappa shape index (κ1) is 15.8. The Kier molecular flexibility index (Phi) is 5.56. The summed E-state index contributed by atoms with van der Waals surface area (Å²) in [5.41, 5.74) is 0.372. The van der Waals surface area contributed by atoms with Gasteiger partial charge in [0.2, 0.25) is 11.8 Å². The lowest BCUT2D eigenvalue weighted by Crippen LogP contribution is -2.37. The van der Waals surface area contributed by atoms with Crippen molar-refractivity contribution >= 4 is 29.1 Å². The average Bonchev–Trinajstić information content (AvgIpc) is 2.43. The molecule has 0 spiro atoms. The SMILES string of the molecule is O=C(CC(=O)NC1CCCCC1)Nc1ccc(F)c(Cl)c1. The molecule has 1 fully saturated rings. The van der Waals surface area contributed by atoms with Gasteiger partial charge in [-0.3, -0.25) is 9.59 Å². The number of benzene rings is 1. The third-order valence-corrected chi connectivity index (χ3v) is 3.78. The molecule has 1 aromatic rings. The Labute approximate surface area is 128 Å². The first-order valence-corrected chi connectivity index (χ1v) is 7.46. The lowest BCUT2D eigenvalue weighted by Gasteiger charge is -2.22. The minimum absolute atomic E-state index is 0.0699. The number of hydrogen-bond acceptors (Lipinski definition) is 2. The highest BCUT2D eigenvalue weighted by molar-refractivity contribution is 6.31. The van der Waals surface area contributed by atoms with Gasteiger partial charge in [-0.25, -0.2) is 4.39 Å². The van der Waals surface area contributed by atoms with E-state index in [2.05, 4.69) is 10.6 Å². The number of carbonyl (C=O) groups excluding carboxylic acids is 2. The monoisotopic (exact) mass is 312 g/mol. The summed E-state index contributed by atoms with van der Waals surface area (Å²) >= 11 is 5.63. The molecule has 1 saturated carbocycles. The molecule has 0 radical (unpaired) electrons. The van der Waals surface area contributed by atoms with Crippen LogP contribution in [0.1, 0.15) is 38.5 Å². The molecule has 0 aromatic heterocycles. The molecule has 2 amide bonds. The van der Waals surface area contributed by atoms with Crippen molar-refractivity contribution in [3.05, 3.63) is 29.0 Å². The molecule has 0 aliphatic heterocycles. The van der Waals surface area contributed by atoms with Crippen molar-refractivity contribution in [1.82, 2.24) is 5.32 Å². The summed E-state index contributed by atoms with van der Waals surface area (Å²) in [6.45, 7) is 0. The molecule has 21 heavy (non-hydrogen) atoms. The maximum Gasteiger partial charge on any atom is 0.233 e. The van der Waals surface area contributed by atoms with Crippen molar-refractivity contribution in [1.29, 1.82) is 0 Å². The van der Waals surface area contributed by atoms with E-state index in [1.165, 1.54) is 24.6 Å². The van der Waals surface area contributed by atoms with E-state index in [0.29, 0.717) is 5.69 Å². The normalized spacial score (nSPS) is 15.5. The van der Waals surface area contributed by atoms with E-state index in [1.54, 1.807) is 0 Å². The Morgan fingerprint density at radius 2 is 1.90 bits per heavy atom. The van der Waals surface area contributed by atoms with Crippen molar-refractivity contribution in [2.75, 3.05) is 5.32 Å². The molecule has 1 aliphatic rings. The first-order chi connectivity index (χ1) is 10.0. The topological polar surface area (TPSA) is 58.2 Å². The van der Waals surface area contributed by atoms with E-state index in [1.807, 2.05) is 0 Å². The molecular weight excluding hydrogens is 295 g/mol. The molecule has 4 nitrogen and oxygen atoms in total. The summed E-state index contributed by atoms with van der Waals surface area (Å²) in [5, 5.41) is 5.33. The number of hydrogen-bond donors (Lipinski definition) is 2. The fourth-order valence-electron chi connectivity index (χ4n) is 2.45. The van der Waals surface area contributed by atoms with Crippen LogP contribution in [0, 0.1) is 5.82 Å². The van der Waals surface area contributed by atoms with Crippen molar-refractivity contribution in [3.63, 3.8) is 0 Å². The van der Waals surface area contributed by atoms with Crippen LogP contribution in [-0.4, -0.2) is 17.9 Å². The second-order valence-corrected chi connectivity index (χ2v) is 5.66. The van der Waals surface area contributed by atoms with Crippen molar-refractivity contribution in [3.8, 4) is 0 Å². The van der Waals surface area contributed by atoms with Crippen LogP contribution in [0.25, 0.3) is 0 Å². The lowest BCUT2D eigenvalue weighted by atomic mass is 9.95. The molecule has 1 aliphatic carbocycles. The van der Waals surface area contributed by atoms with Crippen LogP contribution in [0.15, 0.2) is 18.2 Å². The van der Waals surface area contributed by atoms with E-state index in [-0.39, 0.29) is 23.4 Å². The van der Waals surface area contributed by atoms with E-state index in [4.69, 9.17) is 11.6 Å². The van der Waals surface area contributed by atoms with Gasteiger partial charge in [0.15, 0.2) is 0 Å². The third-order valence-electron chi connectivity index (χ3n) is 3.49. The molecule has 6 heteroatoms. The van der Waals surface area contributed by atoms with Gasteiger partial charge >= 0.3 is 0 Å². The van der Waals surface area contributed by atoms with Gasteiger partial charge in [-0.15, -0.1) is 0 Å². The number of nitrogens with one attached hydrogen (secondary N) is 2. The highest BCUT2D eigenvalue weighted by Gasteiger charge is 2.17. The third kappa shape index (κ3) is 5.01. The largest absolute Gasteiger partial charge is 0.353 e. The summed E-state index contributed by atoms with van der Waals surface area (Å²) < 4.78 is 13.0. The molecule has 0 atom stereocenters. The molecular formula is C15H18ClFN2O2. The Morgan fingerprint density at radius 3 is 2.57 bits per heavy atom. The fraction of sp³-hybridized carbons (Fsp3) is 0.467. The molecule has 0 saturated heterocycles. The number of halogens is 2. The van der Waals surface area contributed by atoms with Crippen LogP contribution >= 0.6 is 11.6 Å². The van der Waals surface area contributed by atoms with E-state index in [0.717, 1.165) is 25.7 Å². The summed E-state index contributed by atoms with van der Waals surface area (Å²) in [4.78, 5) is 23.5. The van der Waals surface area contributed by atoms with E-state index in [9.17, 15) is 14.0 Å². The van der Waals surface area contributed by atoms with Crippen LogP contribution in [0.2, 0.25) is 5.02 Å². The quantitative estimate of drug-likeness (QED) is 0.838. The number of anilines is 1. The number of carbonyl (C=O) groups is 2. The van der Waals surface area contributed by atoms with Crippen LogP contribution in [0.4, 0.5) is 10.1 Å². The zero-order valence-electron chi connectivity index (χ0n) is 11.6. The average molecular weight is 313 g/mol. The van der Waals surface area contributed by atoms with Gasteiger partial charge in [-0.05, 0) is 31.0 Å². The van der Waals surface area contributed by atoms with Gasteiger partial charge in [-0.1, -0.05) is 30.9 Å². The molecule has 0 unspecified atom stereocenters. The van der Waals surface area contributed by atoms with Gasteiger partial charge in [0.25, 0.3) is 0 Å². The molecule has 114 valence electrons. The standard InChI is InChI=1S/C15H18ClFN2O2/c16-12-8-11(6-7-13(12)17)19-15(21)9-14(20)18-10-4-2-1-3-5-10/h6-8,10H,1-5,9H2,(H,18,20)(H,19,21). The highest BCUT2D eigenvalue weighted by atomic mass is 35.5. The maximum atomic E-state index is 13.0. The van der Waals surface area contributed by atoms with Crippen LogP contribution < -0.4 is 10.6 Å². The zero-order valence-corrected chi connectivity index (χ0v) is 12.4. The predicted molar refractivity (Wildman–Crippen MR) is 79.7 cm³/mol. The van der Waals surface area contributed by atoms with Crippen LogP contribution in [0.5, 0.6) is 0 Å². The lowest BCUT2D eigenvalue weighted by molar-refractivity contribution is -0.127. The summed E-state index contributed by atoms with van der Waals surface area (Å²) in [6, 6.07) is 4.06. The van der Waals surface area contributed by atoms with Gasteiger partial charge < -0.3 is 10.6 Å². The van der Waals surface area contributed by atoms with E-state index >= 15 is 0 Å². The second kappa shape index (κ2) is 7.41. The minimum Gasteiger partial charge on any atom is -0.353 e. The molecule has 0 bridgehead atoms. The minimum atomic E-state index is -0.551. The molecule has 1 aromatic carbocycles. The Hall–Kier alpha value is -1.62. The smallest absolute Gasteiger partial charge is 0.233 e. The maximum absolute atomic E-state index is 13.0. The van der Waals surface area contributed by atoms with Gasteiger partial charge in [0, 0.05) is 11.7 Å². The van der Waals surface area contributed by atoms with Crippen LogP contribution in [-0.2, 0) is 9.59 Å². The molecule has 2 N–H and O–H groups in total. The van der Waals surface area contributed by atoms with Gasteiger partial charge in [0.05, 0.1) is 5.02 Å². The first-order valence-electron chi connectivity index (χ1n) is 7.09. The summed E-state index contributed by atoms with van der Waals surface area (Å²) in [6.07, 6.45) is 5.14. The number of rotatable bonds is 4. The zero-order chi connectivity index (χ0) is 15.2. The predicted octanol–water partition coefficient (Wildman–Crippen LogP) is 3.26. The molecule has 0 heterocycles. The Morgan fingerprint density at radius 1 is 1.19 bits per heavy atom. The Balaban J connectivity index is 1.80. The van der Waals surface area contributed by atoms with Crippen molar-refractivity contribution in [2.24, 2.45) is 0 Å². The second-order valence-electron chi connectivity index (χ2n) is 5.26. The van der Waals surface area contributed by atoms with Gasteiger partial charge in [0.1, 0.15) is 12.2 Å². The number of amides is 2. The van der Waals surface area contributed by atoms with Crippen molar-refractivity contribution in [2.45, 2.75) is 44.6 Å². The van der Waals surface area contributed by atoms with E-state index < -0.39 is 11.7 Å². The highest BCUT2D eigenvalue weighted by Crippen LogP contribution is 2.20. The Bertz CT molecular complexity index is 530. The van der Waals surface area contributed by atoms with Crippen molar-refractivity contribution < 1.29 is 14.0 Å². The fourth-order valence-corrected chi connectivity index (χ4v) is 2.63. The summed E-state index contributed by atoms with van der Waals surface area (Å²) in [7, 11) is 0. The summed E-state index contributed by atoms with van der Waals surface area (Å²) in [5.74, 6) is -1.27.